The van der Waals surface area contributed by atoms with E-state index in [0.717, 1.165) is 5.56 Å². The number of carbonyl (C=O) groups excluding carboxylic acids is 1. The van der Waals surface area contributed by atoms with Gasteiger partial charge in [-0.2, -0.15) is 4.80 Å². The van der Waals surface area contributed by atoms with Gasteiger partial charge < -0.3 is 5.32 Å². The molecular weight excluding hydrogens is 268 g/mol. The van der Waals surface area contributed by atoms with Crippen molar-refractivity contribution in [3.8, 4) is 11.4 Å². The first kappa shape index (κ1) is 12.9. The van der Waals surface area contributed by atoms with E-state index >= 15 is 0 Å². The Morgan fingerprint density at radius 1 is 1.10 bits per heavy atom. The Bertz CT molecular complexity index is 725. The molecule has 0 saturated carbocycles. The summed E-state index contributed by atoms with van der Waals surface area (Å²) in [6.07, 6.45) is 3.22. The minimum absolute atomic E-state index is 0.00214. The molecule has 0 radical (unpaired) electrons. The van der Waals surface area contributed by atoms with Crippen LogP contribution in [0.3, 0.4) is 0 Å². The Balaban J connectivity index is 1.66. The Kier molecular flexibility index (Phi) is 3.64. The van der Waals surface area contributed by atoms with E-state index in [0.29, 0.717) is 11.5 Å². The quantitative estimate of drug-likeness (QED) is 0.780. The number of amides is 1. The second-order valence-corrected chi connectivity index (χ2v) is 4.29. The molecule has 0 aliphatic heterocycles. The fourth-order valence-corrected chi connectivity index (χ4v) is 1.78. The second kappa shape index (κ2) is 5.91. The number of rotatable bonds is 4. The Hall–Kier alpha value is -3.09. The normalized spacial score (nSPS) is 10.3. The van der Waals surface area contributed by atoms with Crippen molar-refractivity contribution in [2.45, 2.75) is 6.54 Å². The lowest BCUT2D eigenvalue weighted by Gasteiger charge is -2.03. The van der Waals surface area contributed by atoms with Crippen molar-refractivity contribution >= 4 is 11.6 Å². The Morgan fingerprint density at radius 2 is 1.86 bits per heavy atom. The number of anilines is 1. The lowest BCUT2D eigenvalue weighted by molar-refractivity contribution is -0.117. The maximum absolute atomic E-state index is 11.9. The van der Waals surface area contributed by atoms with Crippen LogP contribution in [0.1, 0.15) is 0 Å². The molecule has 2 aromatic heterocycles. The number of benzene rings is 1. The summed E-state index contributed by atoms with van der Waals surface area (Å²) in [6, 6.07) is 12.9. The zero-order chi connectivity index (χ0) is 14.5. The van der Waals surface area contributed by atoms with Gasteiger partial charge in [0.2, 0.25) is 11.7 Å². The highest BCUT2D eigenvalue weighted by Crippen LogP contribution is 2.11. The van der Waals surface area contributed by atoms with Crippen LogP contribution in [0, 0.1) is 0 Å². The largest absolute Gasteiger partial charge is 0.324 e. The maximum atomic E-state index is 11.9. The fourth-order valence-electron chi connectivity index (χ4n) is 1.78. The number of carbonyl (C=O) groups is 1. The van der Waals surface area contributed by atoms with E-state index in [1.807, 2.05) is 30.3 Å². The zero-order valence-electron chi connectivity index (χ0n) is 11.0. The van der Waals surface area contributed by atoms with Crippen LogP contribution in [0.15, 0.2) is 54.9 Å². The molecule has 104 valence electrons. The summed E-state index contributed by atoms with van der Waals surface area (Å²) in [7, 11) is 0. The Labute approximate surface area is 120 Å². The van der Waals surface area contributed by atoms with Gasteiger partial charge in [0.25, 0.3) is 0 Å². The van der Waals surface area contributed by atoms with Crippen molar-refractivity contribution in [2.24, 2.45) is 0 Å². The third-order valence-electron chi connectivity index (χ3n) is 2.73. The molecule has 1 N–H and O–H groups in total. The van der Waals surface area contributed by atoms with E-state index in [-0.39, 0.29) is 12.5 Å². The molecule has 1 amide bonds. The minimum atomic E-state index is -0.224. The SMILES string of the molecule is O=C(Cn1nnc(-c2ccccc2)n1)Nc1ccncc1. The number of hydrogen-bond donors (Lipinski definition) is 1. The van der Waals surface area contributed by atoms with Crippen molar-refractivity contribution in [3.05, 3.63) is 54.9 Å². The van der Waals surface area contributed by atoms with Gasteiger partial charge in [0.15, 0.2) is 0 Å². The third kappa shape index (κ3) is 3.27. The van der Waals surface area contributed by atoms with Gasteiger partial charge in [0, 0.05) is 23.6 Å². The lowest BCUT2D eigenvalue weighted by atomic mass is 10.2. The molecule has 0 bridgehead atoms. The van der Waals surface area contributed by atoms with Gasteiger partial charge in [-0.1, -0.05) is 30.3 Å². The molecule has 1 aromatic carbocycles. The predicted octanol–water partition coefficient (Wildman–Crippen LogP) is 1.37. The van der Waals surface area contributed by atoms with Gasteiger partial charge in [-0.05, 0) is 17.3 Å². The van der Waals surface area contributed by atoms with Crippen LogP contribution in [-0.4, -0.2) is 31.1 Å². The second-order valence-electron chi connectivity index (χ2n) is 4.29. The first-order valence-electron chi connectivity index (χ1n) is 6.34. The van der Waals surface area contributed by atoms with Crippen LogP contribution in [0.25, 0.3) is 11.4 Å². The number of hydrogen-bond acceptors (Lipinski definition) is 5. The molecule has 3 aromatic rings. The monoisotopic (exact) mass is 280 g/mol. The van der Waals surface area contributed by atoms with Gasteiger partial charge in [-0.15, -0.1) is 10.2 Å². The molecule has 0 fully saturated rings. The Morgan fingerprint density at radius 3 is 2.62 bits per heavy atom. The smallest absolute Gasteiger partial charge is 0.248 e. The van der Waals surface area contributed by atoms with Crippen molar-refractivity contribution < 1.29 is 4.79 Å². The first-order chi connectivity index (χ1) is 10.3. The molecule has 0 aliphatic carbocycles. The van der Waals surface area contributed by atoms with E-state index < -0.39 is 0 Å². The molecule has 0 spiro atoms. The van der Waals surface area contributed by atoms with E-state index in [4.69, 9.17) is 0 Å². The van der Waals surface area contributed by atoms with Crippen molar-refractivity contribution in [3.63, 3.8) is 0 Å². The summed E-state index contributed by atoms with van der Waals surface area (Å²) >= 11 is 0. The molecule has 2 heterocycles. The average molecular weight is 280 g/mol. The molecule has 0 atom stereocenters. The summed E-state index contributed by atoms with van der Waals surface area (Å²) < 4.78 is 0. The number of nitrogens with one attached hydrogen (secondary N) is 1. The number of pyridine rings is 1. The van der Waals surface area contributed by atoms with E-state index in [1.165, 1.54) is 4.80 Å². The van der Waals surface area contributed by atoms with Crippen LogP contribution in [0.5, 0.6) is 0 Å². The summed E-state index contributed by atoms with van der Waals surface area (Å²) in [5, 5.41) is 14.7. The minimum Gasteiger partial charge on any atom is -0.324 e. The van der Waals surface area contributed by atoms with Crippen LogP contribution in [0.4, 0.5) is 5.69 Å². The third-order valence-corrected chi connectivity index (χ3v) is 2.73. The van der Waals surface area contributed by atoms with E-state index in [1.54, 1.807) is 24.5 Å². The topological polar surface area (TPSA) is 85.6 Å². The van der Waals surface area contributed by atoms with Crippen LogP contribution < -0.4 is 5.32 Å². The van der Waals surface area contributed by atoms with Crippen LogP contribution in [0.2, 0.25) is 0 Å². The highest BCUT2D eigenvalue weighted by atomic mass is 16.2. The molecule has 21 heavy (non-hydrogen) atoms. The van der Waals surface area contributed by atoms with E-state index in [9.17, 15) is 4.79 Å². The van der Waals surface area contributed by atoms with Crippen LogP contribution >= 0.6 is 0 Å². The van der Waals surface area contributed by atoms with Gasteiger partial charge in [0.05, 0.1) is 0 Å². The zero-order valence-corrected chi connectivity index (χ0v) is 11.0. The highest BCUT2D eigenvalue weighted by Gasteiger charge is 2.09. The number of tetrazole rings is 1. The van der Waals surface area contributed by atoms with Crippen LogP contribution in [-0.2, 0) is 11.3 Å². The molecule has 0 saturated heterocycles. The molecule has 0 unspecified atom stereocenters. The summed E-state index contributed by atoms with van der Waals surface area (Å²) in [5.74, 6) is 0.269. The van der Waals surface area contributed by atoms with Crippen molar-refractivity contribution in [1.29, 1.82) is 0 Å². The molecule has 3 rings (SSSR count). The maximum Gasteiger partial charge on any atom is 0.248 e. The van der Waals surface area contributed by atoms with Gasteiger partial charge in [-0.25, -0.2) is 0 Å². The highest BCUT2D eigenvalue weighted by molar-refractivity contribution is 5.90. The molecule has 7 nitrogen and oxygen atoms in total. The predicted molar refractivity (Wildman–Crippen MR) is 76.1 cm³/mol. The van der Waals surface area contributed by atoms with Gasteiger partial charge in [-0.3, -0.25) is 9.78 Å². The standard InChI is InChI=1S/C14H12N6O/c21-13(16-12-6-8-15-9-7-12)10-20-18-14(17-19-20)11-4-2-1-3-5-11/h1-9H,10H2,(H,15,16,21). The molecule has 0 aliphatic rings. The van der Waals surface area contributed by atoms with Crippen molar-refractivity contribution in [2.75, 3.05) is 5.32 Å². The molecule has 7 heteroatoms. The first-order valence-corrected chi connectivity index (χ1v) is 6.34. The lowest BCUT2D eigenvalue weighted by Crippen LogP contribution is -2.20. The average Bonchev–Trinajstić information content (AvgIpc) is 2.97. The fraction of sp³-hybridized carbons (Fsp3) is 0.0714. The van der Waals surface area contributed by atoms with E-state index in [2.05, 4.69) is 25.7 Å². The molecular formula is C14H12N6O. The summed E-state index contributed by atoms with van der Waals surface area (Å²) in [4.78, 5) is 17.0. The number of nitrogens with zero attached hydrogens (tertiary/aromatic N) is 5. The number of aromatic nitrogens is 5. The van der Waals surface area contributed by atoms with Crippen molar-refractivity contribution in [1.82, 2.24) is 25.2 Å². The summed E-state index contributed by atoms with van der Waals surface area (Å²) in [6.45, 7) is 0.00214. The van der Waals surface area contributed by atoms with Gasteiger partial charge in [0.1, 0.15) is 6.54 Å². The summed E-state index contributed by atoms with van der Waals surface area (Å²) in [5.41, 5.74) is 1.54. The van der Waals surface area contributed by atoms with Gasteiger partial charge >= 0.3 is 0 Å².